The van der Waals surface area contributed by atoms with Crippen LogP contribution < -0.4 is 15.0 Å². The molecule has 0 radical (unpaired) electrons. The van der Waals surface area contributed by atoms with Gasteiger partial charge in [-0.3, -0.25) is 9.59 Å². The molecular weight excluding hydrogens is 398 g/mol. The van der Waals surface area contributed by atoms with E-state index in [1.807, 2.05) is 54.6 Å². The molecule has 0 aliphatic carbocycles. The highest BCUT2D eigenvalue weighted by atomic mass is 32.1. The number of carbonyl (C=O) groups excluding carboxylic acids is 2. The summed E-state index contributed by atoms with van der Waals surface area (Å²) in [6.45, 7) is 2.43. The smallest absolute Gasteiger partial charge is 0.231 e. The number of nitrogens with one attached hydrogen (secondary N) is 1. The Morgan fingerprint density at radius 3 is 2.60 bits per heavy atom. The van der Waals surface area contributed by atoms with Crippen LogP contribution in [0, 0.1) is 5.92 Å². The fraction of sp³-hybridized carbons (Fsp3) is 0.261. The number of ether oxygens (including phenoxy) is 1. The van der Waals surface area contributed by atoms with E-state index in [2.05, 4.69) is 17.2 Å². The van der Waals surface area contributed by atoms with Gasteiger partial charge in [0.05, 0.1) is 18.7 Å². The summed E-state index contributed by atoms with van der Waals surface area (Å²) in [6, 6.07) is 17.2. The van der Waals surface area contributed by atoms with Crippen LogP contribution in [0.4, 0.5) is 10.8 Å². The van der Waals surface area contributed by atoms with Gasteiger partial charge >= 0.3 is 0 Å². The maximum absolute atomic E-state index is 12.8. The maximum atomic E-state index is 12.8. The Morgan fingerprint density at radius 2 is 1.93 bits per heavy atom. The minimum atomic E-state index is -0.409. The van der Waals surface area contributed by atoms with Crippen molar-refractivity contribution in [3.05, 3.63) is 59.5 Å². The normalized spacial score (nSPS) is 16.0. The molecule has 1 aliphatic heterocycles. The number of rotatable bonds is 6. The van der Waals surface area contributed by atoms with E-state index in [4.69, 9.17) is 4.74 Å². The van der Waals surface area contributed by atoms with Gasteiger partial charge in [-0.1, -0.05) is 37.3 Å². The quantitative estimate of drug-likeness (QED) is 0.641. The summed E-state index contributed by atoms with van der Waals surface area (Å²) in [7, 11) is 1.60. The van der Waals surface area contributed by atoms with Crippen molar-refractivity contribution in [2.75, 3.05) is 23.9 Å². The predicted molar refractivity (Wildman–Crippen MR) is 119 cm³/mol. The maximum Gasteiger partial charge on any atom is 0.231 e. The molecule has 154 valence electrons. The number of nitrogens with zero attached hydrogens (tertiary/aromatic N) is 2. The molecule has 2 aromatic carbocycles. The van der Waals surface area contributed by atoms with E-state index >= 15 is 0 Å². The summed E-state index contributed by atoms with van der Waals surface area (Å²) in [5, 5.41) is 3.50. The van der Waals surface area contributed by atoms with Gasteiger partial charge in [0.1, 0.15) is 5.75 Å². The molecule has 1 aliphatic rings. The molecule has 2 heterocycles. The number of hydrogen-bond acceptors (Lipinski definition) is 5. The number of aromatic nitrogens is 1. The molecular formula is C23H23N3O3S. The van der Waals surface area contributed by atoms with Crippen molar-refractivity contribution in [3.63, 3.8) is 0 Å². The number of thiazole rings is 1. The molecule has 0 bridgehead atoms. The van der Waals surface area contributed by atoms with E-state index in [1.54, 1.807) is 12.0 Å². The molecule has 0 saturated carbocycles. The first-order valence-electron chi connectivity index (χ1n) is 9.89. The zero-order valence-corrected chi connectivity index (χ0v) is 17.7. The summed E-state index contributed by atoms with van der Waals surface area (Å²) in [6.07, 6.45) is 1.03. The zero-order chi connectivity index (χ0) is 21.1. The summed E-state index contributed by atoms with van der Waals surface area (Å²) in [4.78, 5) is 32.8. The van der Waals surface area contributed by atoms with Crippen molar-refractivity contribution in [3.8, 4) is 17.0 Å². The van der Waals surface area contributed by atoms with Crippen LogP contribution in [0.1, 0.15) is 18.2 Å². The Kier molecular flexibility index (Phi) is 5.81. The predicted octanol–water partition coefficient (Wildman–Crippen LogP) is 4.37. The second-order valence-electron chi connectivity index (χ2n) is 7.10. The molecule has 2 amide bonds. The van der Waals surface area contributed by atoms with Crippen LogP contribution in [0.3, 0.4) is 0 Å². The van der Waals surface area contributed by atoms with Gasteiger partial charge in [-0.2, -0.15) is 0 Å². The molecule has 0 spiro atoms. The molecule has 1 atom stereocenters. The highest BCUT2D eigenvalue weighted by Crippen LogP contribution is 2.33. The van der Waals surface area contributed by atoms with Crippen molar-refractivity contribution < 1.29 is 14.3 Å². The van der Waals surface area contributed by atoms with E-state index in [9.17, 15) is 9.59 Å². The largest absolute Gasteiger partial charge is 0.497 e. The van der Waals surface area contributed by atoms with Crippen LogP contribution in [0.25, 0.3) is 11.3 Å². The first-order chi connectivity index (χ1) is 14.6. The number of methoxy groups -OCH3 is 1. The lowest BCUT2D eigenvalue weighted by Crippen LogP contribution is -2.28. The molecule has 1 aromatic heterocycles. The molecule has 0 unspecified atom stereocenters. The van der Waals surface area contributed by atoms with Crippen molar-refractivity contribution in [2.24, 2.45) is 5.92 Å². The number of benzene rings is 2. The summed E-state index contributed by atoms with van der Waals surface area (Å²) < 4.78 is 5.16. The van der Waals surface area contributed by atoms with Crippen molar-refractivity contribution in [2.45, 2.75) is 19.8 Å². The van der Waals surface area contributed by atoms with Crippen LogP contribution in [0.2, 0.25) is 0 Å². The lowest BCUT2D eigenvalue weighted by molar-refractivity contribution is -0.122. The van der Waals surface area contributed by atoms with E-state index in [-0.39, 0.29) is 18.2 Å². The molecule has 1 saturated heterocycles. The third kappa shape index (κ3) is 4.07. The Balaban J connectivity index is 1.47. The Hall–Kier alpha value is -3.19. The molecule has 4 rings (SSSR count). The van der Waals surface area contributed by atoms with E-state index in [0.717, 1.165) is 34.0 Å². The first kappa shape index (κ1) is 20.1. The number of carbonyl (C=O) groups is 2. The monoisotopic (exact) mass is 421 g/mol. The van der Waals surface area contributed by atoms with Gasteiger partial charge in [0.15, 0.2) is 5.13 Å². The van der Waals surface area contributed by atoms with Crippen LogP contribution >= 0.6 is 11.3 Å². The minimum Gasteiger partial charge on any atom is -0.497 e. The molecule has 6 nitrogen and oxygen atoms in total. The van der Waals surface area contributed by atoms with E-state index in [0.29, 0.717) is 11.7 Å². The van der Waals surface area contributed by atoms with Crippen molar-refractivity contribution >= 4 is 34.0 Å². The molecule has 7 heteroatoms. The third-order valence-corrected chi connectivity index (χ3v) is 6.29. The third-order valence-electron chi connectivity index (χ3n) is 5.18. The summed E-state index contributed by atoms with van der Waals surface area (Å²) >= 11 is 1.49. The topological polar surface area (TPSA) is 71.5 Å². The van der Waals surface area contributed by atoms with Crippen molar-refractivity contribution in [1.29, 1.82) is 0 Å². The summed E-state index contributed by atoms with van der Waals surface area (Å²) in [5.74, 6) is 0.0900. The SMILES string of the molecule is CCc1sc(NC(=O)[C@@H]2CC(=O)N(c3ccc(OC)cc3)C2)nc1-c1ccccc1. The standard InChI is InChI=1S/C23H23N3O3S/c1-3-19-21(15-7-5-4-6-8-15)24-23(30-19)25-22(28)16-13-20(27)26(14-16)17-9-11-18(29-2)12-10-17/h4-12,16H,3,13-14H2,1-2H3,(H,24,25,28)/t16-/m1/s1. The van der Waals surface area contributed by atoms with Gasteiger partial charge in [-0.05, 0) is 30.7 Å². The second kappa shape index (κ2) is 8.67. The minimum absolute atomic E-state index is 0.0568. The van der Waals surface area contributed by atoms with E-state index in [1.165, 1.54) is 11.3 Å². The van der Waals surface area contributed by atoms with E-state index < -0.39 is 5.92 Å². The number of aryl methyl sites for hydroxylation is 1. The van der Waals surface area contributed by atoms with Crippen molar-refractivity contribution in [1.82, 2.24) is 4.98 Å². The summed E-state index contributed by atoms with van der Waals surface area (Å²) in [5.41, 5.74) is 2.71. The van der Waals surface area contributed by atoms with Gasteiger partial charge in [0.2, 0.25) is 11.8 Å². The number of anilines is 2. The highest BCUT2D eigenvalue weighted by Gasteiger charge is 2.35. The second-order valence-corrected chi connectivity index (χ2v) is 8.19. The van der Waals surface area contributed by atoms with Crippen LogP contribution in [0.15, 0.2) is 54.6 Å². The van der Waals surface area contributed by atoms with Crippen LogP contribution in [-0.2, 0) is 16.0 Å². The zero-order valence-electron chi connectivity index (χ0n) is 16.9. The van der Waals surface area contributed by atoms with Gasteiger partial charge in [-0.25, -0.2) is 4.98 Å². The lowest BCUT2D eigenvalue weighted by atomic mass is 10.1. The molecule has 3 aromatic rings. The highest BCUT2D eigenvalue weighted by molar-refractivity contribution is 7.16. The van der Waals surface area contributed by atoms with Gasteiger partial charge < -0.3 is 15.0 Å². The van der Waals surface area contributed by atoms with Gasteiger partial charge in [0.25, 0.3) is 0 Å². The Labute approximate surface area is 179 Å². The molecule has 30 heavy (non-hydrogen) atoms. The Bertz CT molecular complexity index is 1050. The van der Waals surface area contributed by atoms with Crippen LogP contribution in [-0.4, -0.2) is 30.5 Å². The number of hydrogen-bond donors (Lipinski definition) is 1. The van der Waals surface area contributed by atoms with Gasteiger partial charge in [0, 0.05) is 29.1 Å². The molecule has 1 N–H and O–H groups in total. The Morgan fingerprint density at radius 1 is 1.20 bits per heavy atom. The fourth-order valence-electron chi connectivity index (χ4n) is 3.57. The average Bonchev–Trinajstić information content (AvgIpc) is 3.37. The van der Waals surface area contributed by atoms with Crippen LogP contribution in [0.5, 0.6) is 5.75 Å². The average molecular weight is 422 g/mol. The fourth-order valence-corrected chi connectivity index (χ4v) is 4.50. The first-order valence-corrected chi connectivity index (χ1v) is 10.7. The lowest BCUT2D eigenvalue weighted by Gasteiger charge is -2.16. The number of amides is 2. The van der Waals surface area contributed by atoms with Gasteiger partial charge in [-0.15, -0.1) is 11.3 Å². The molecule has 1 fully saturated rings.